The third kappa shape index (κ3) is 1.85. The molecule has 2 atom stereocenters. The lowest BCUT2D eigenvalue weighted by atomic mass is 9.80. The maximum atomic E-state index is 11.5. The van der Waals surface area contributed by atoms with Gasteiger partial charge in [-0.15, -0.1) is 0 Å². The average Bonchev–Trinajstić information content (AvgIpc) is 2.77. The molecule has 0 aromatic heterocycles. The number of nitrogens with two attached hydrogens (primary N) is 1. The number of hydrogen-bond acceptors (Lipinski definition) is 2. The van der Waals surface area contributed by atoms with E-state index >= 15 is 0 Å². The van der Waals surface area contributed by atoms with Crippen molar-refractivity contribution in [1.82, 2.24) is 5.32 Å². The molecule has 2 aliphatic rings. The second kappa shape index (κ2) is 3.29. The fourth-order valence-corrected chi connectivity index (χ4v) is 2.05. The number of carbonyl (C=O) groups excluding carboxylic acids is 1. The normalized spacial score (nSPS) is 42.3. The molecule has 13 heavy (non-hydrogen) atoms. The van der Waals surface area contributed by atoms with Gasteiger partial charge in [0.15, 0.2) is 0 Å². The van der Waals surface area contributed by atoms with Crippen molar-refractivity contribution >= 4 is 5.91 Å². The monoisotopic (exact) mass is 182 g/mol. The minimum Gasteiger partial charge on any atom is -0.353 e. The van der Waals surface area contributed by atoms with Gasteiger partial charge >= 0.3 is 0 Å². The summed E-state index contributed by atoms with van der Waals surface area (Å²) in [6, 6.07) is 0.756. The van der Waals surface area contributed by atoms with Crippen LogP contribution in [0, 0.1) is 11.8 Å². The van der Waals surface area contributed by atoms with Crippen LogP contribution < -0.4 is 11.1 Å². The highest BCUT2D eigenvalue weighted by atomic mass is 16.2. The van der Waals surface area contributed by atoms with Crippen LogP contribution >= 0.6 is 0 Å². The van der Waals surface area contributed by atoms with Crippen LogP contribution in [0.15, 0.2) is 0 Å². The number of carbonyl (C=O) groups is 1. The first-order valence-electron chi connectivity index (χ1n) is 5.26. The van der Waals surface area contributed by atoms with E-state index in [2.05, 4.69) is 12.2 Å². The van der Waals surface area contributed by atoms with Gasteiger partial charge in [-0.05, 0) is 25.2 Å². The van der Waals surface area contributed by atoms with Gasteiger partial charge in [-0.1, -0.05) is 13.3 Å². The molecule has 0 heterocycles. The van der Waals surface area contributed by atoms with Crippen molar-refractivity contribution in [3.05, 3.63) is 0 Å². The largest absolute Gasteiger partial charge is 0.353 e. The summed E-state index contributed by atoms with van der Waals surface area (Å²) in [5.74, 6) is 1.20. The molecule has 3 heteroatoms. The first-order chi connectivity index (χ1) is 6.20. The van der Waals surface area contributed by atoms with E-state index in [1.807, 2.05) is 0 Å². The molecule has 0 aromatic rings. The summed E-state index contributed by atoms with van der Waals surface area (Å²) in [4.78, 5) is 11.5. The Morgan fingerprint density at radius 3 is 2.62 bits per heavy atom. The highest BCUT2D eigenvalue weighted by molar-refractivity contribution is 5.80. The fourth-order valence-electron chi connectivity index (χ4n) is 2.05. The van der Waals surface area contributed by atoms with Gasteiger partial charge in [0.1, 0.15) is 0 Å². The van der Waals surface area contributed by atoms with Crippen LogP contribution in [0.25, 0.3) is 0 Å². The van der Waals surface area contributed by atoms with Gasteiger partial charge < -0.3 is 11.1 Å². The molecule has 2 rings (SSSR count). The predicted molar refractivity (Wildman–Crippen MR) is 51.0 cm³/mol. The Kier molecular flexibility index (Phi) is 2.28. The SMILES string of the molecule is CCC1CC1NC(=O)C1CC(N)C1. The quantitative estimate of drug-likeness (QED) is 0.673. The van der Waals surface area contributed by atoms with Gasteiger partial charge in [0.25, 0.3) is 0 Å². The van der Waals surface area contributed by atoms with Crippen LogP contribution in [-0.4, -0.2) is 18.0 Å². The topological polar surface area (TPSA) is 55.1 Å². The van der Waals surface area contributed by atoms with E-state index < -0.39 is 0 Å². The van der Waals surface area contributed by atoms with Crippen molar-refractivity contribution in [1.29, 1.82) is 0 Å². The van der Waals surface area contributed by atoms with Gasteiger partial charge in [-0.2, -0.15) is 0 Å². The molecule has 2 aliphatic carbocycles. The Balaban J connectivity index is 1.68. The van der Waals surface area contributed by atoms with E-state index in [1.54, 1.807) is 0 Å². The van der Waals surface area contributed by atoms with Crippen molar-refractivity contribution in [2.24, 2.45) is 17.6 Å². The molecule has 0 spiro atoms. The lowest BCUT2D eigenvalue weighted by molar-refractivity contribution is -0.128. The van der Waals surface area contributed by atoms with E-state index in [0.717, 1.165) is 18.8 Å². The van der Waals surface area contributed by atoms with Crippen molar-refractivity contribution in [3.63, 3.8) is 0 Å². The Labute approximate surface area is 79.1 Å². The van der Waals surface area contributed by atoms with Gasteiger partial charge in [-0.25, -0.2) is 0 Å². The molecule has 0 aromatic carbocycles. The van der Waals surface area contributed by atoms with Crippen LogP contribution in [0.4, 0.5) is 0 Å². The number of hydrogen-bond donors (Lipinski definition) is 2. The molecule has 3 nitrogen and oxygen atoms in total. The maximum Gasteiger partial charge on any atom is 0.223 e. The fraction of sp³-hybridized carbons (Fsp3) is 0.900. The third-order valence-electron chi connectivity index (χ3n) is 3.32. The van der Waals surface area contributed by atoms with Crippen LogP contribution in [0.3, 0.4) is 0 Å². The summed E-state index contributed by atoms with van der Waals surface area (Å²) in [5.41, 5.74) is 5.63. The summed E-state index contributed by atoms with van der Waals surface area (Å²) in [6.07, 6.45) is 4.14. The molecule has 0 bridgehead atoms. The van der Waals surface area contributed by atoms with Gasteiger partial charge in [0.05, 0.1) is 0 Å². The van der Waals surface area contributed by atoms with Crippen LogP contribution in [0.1, 0.15) is 32.6 Å². The smallest absolute Gasteiger partial charge is 0.223 e. The molecule has 0 saturated heterocycles. The minimum atomic E-state index is 0.216. The third-order valence-corrected chi connectivity index (χ3v) is 3.32. The average molecular weight is 182 g/mol. The van der Waals surface area contributed by atoms with Gasteiger partial charge in [0.2, 0.25) is 5.91 Å². The molecule has 2 fully saturated rings. The molecule has 3 N–H and O–H groups in total. The standard InChI is InChI=1S/C10H18N2O/c1-2-6-5-9(6)12-10(13)7-3-8(11)4-7/h6-9H,2-5,11H2,1H3,(H,12,13). The van der Waals surface area contributed by atoms with Gasteiger partial charge in [0, 0.05) is 18.0 Å². The zero-order valence-corrected chi connectivity index (χ0v) is 8.12. The molecule has 2 saturated carbocycles. The second-order valence-electron chi connectivity index (χ2n) is 4.45. The molecular weight excluding hydrogens is 164 g/mol. The van der Waals surface area contributed by atoms with E-state index in [9.17, 15) is 4.79 Å². The summed E-state index contributed by atoms with van der Waals surface area (Å²) in [5, 5.41) is 3.08. The summed E-state index contributed by atoms with van der Waals surface area (Å²) >= 11 is 0. The van der Waals surface area contributed by atoms with Crippen molar-refractivity contribution in [2.75, 3.05) is 0 Å². The first kappa shape index (κ1) is 9.00. The van der Waals surface area contributed by atoms with E-state index in [0.29, 0.717) is 6.04 Å². The van der Waals surface area contributed by atoms with Crippen LogP contribution in [0.2, 0.25) is 0 Å². The molecule has 0 aliphatic heterocycles. The highest BCUT2D eigenvalue weighted by Gasteiger charge is 2.39. The molecule has 0 radical (unpaired) electrons. The Bertz CT molecular complexity index is 211. The van der Waals surface area contributed by atoms with Crippen molar-refractivity contribution in [2.45, 2.75) is 44.7 Å². The molecule has 1 amide bonds. The number of nitrogens with one attached hydrogen (secondary N) is 1. The lowest BCUT2D eigenvalue weighted by Crippen LogP contribution is -2.45. The van der Waals surface area contributed by atoms with E-state index in [4.69, 9.17) is 5.73 Å². The van der Waals surface area contributed by atoms with E-state index in [1.165, 1.54) is 12.8 Å². The molecular formula is C10H18N2O. The lowest BCUT2D eigenvalue weighted by Gasteiger charge is -2.31. The van der Waals surface area contributed by atoms with Crippen LogP contribution in [0.5, 0.6) is 0 Å². The molecule has 74 valence electrons. The number of rotatable bonds is 3. The van der Waals surface area contributed by atoms with Crippen molar-refractivity contribution < 1.29 is 4.79 Å². The zero-order chi connectivity index (χ0) is 9.42. The Morgan fingerprint density at radius 1 is 1.46 bits per heavy atom. The maximum absolute atomic E-state index is 11.5. The summed E-state index contributed by atoms with van der Waals surface area (Å²) in [7, 11) is 0. The predicted octanol–water partition coefficient (Wildman–Crippen LogP) is 0.638. The van der Waals surface area contributed by atoms with Crippen LogP contribution in [-0.2, 0) is 4.79 Å². The molecule has 2 unspecified atom stereocenters. The Hall–Kier alpha value is -0.570. The van der Waals surface area contributed by atoms with Crippen molar-refractivity contribution in [3.8, 4) is 0 Å². The summed E-state index contributed by atoms with van der Waals surface area (Å²) in [6.45, 7) is 2.18. The van der Waals surface area contributed by atoms with Gasteiger partial charge in [-0.3, -0.25) is 4.79 Å². The first-order valence-corrected chi connectivity index (χ1v) is 5.26. The minimum absolute atomic E-state index is 0.216. The Morgan fingerprint density at radius 2 is 2.15 bits per heavy atom. The summed E-state index contributed by atoms with van der Waals surface area (Å²) < 4.78 is 0. The van der Waals surface area contributed by atoms with E-state index in [-0.39, 0.29) is 17.9 Å². The zero-order valence-electron chi connectivity index (χ0n) is 8.12. The second-order valence-corrected chi connectivity index (χ2v) is 4.45. The number of amides is 1. The highest BCUT2D eigenvalue weighted by Crippen LogP contribution is 2.34.